The van der Waals surface area contributed by atoms with Crippen LogP contribution in [0.3, 0.4) is 0 Å². The Bertz CT molecular complexity index is 324. The summed E-state index contributed by atoms with van der Waals surface area (Å²) in [4.78, 5) is 4.21. The molecule has 0 aliphatic rings. The van der Waals surface area contributed by atoms with Crippen molar-refractivity contribution in [1.29, 1.82) is 0 Å². The summed E-state index contributed by atoms with van der Waals surface area (Å²) in [5, 5.41) is 0.747. The van der Waals surface area contributed by atoms with E-state index >= 15 is 0 Å². The van der Waals surface area contributed by atoms with Crippen LogP contribution in [0.2, 0.25) is 5.02 Å². The third kappa shape index (κ3) is 3.48. The first-order valence-electron chi connectivity index (χ1n) is 6.23. The van der Waals surface area contributed by atoms with Crippen LogP contribution in [0, 0.1) is 0 Å². The van der Waals surface area contributed by atoms with Gasteiger partial charge in [-0.2, -0.15) is 0 Å². The van der Waals surface area contributed by atoms with Crippen LogP contribution in [0.1, 0.15) is 58.4 Å². The van der Waals surface area contributed by atoms with E-state index in [0.29, 0.717) is 0 Å². The molecule has 1 atom stereocenters. The number of halogens is 1. The van der Waals surface area contributed by atoms with E-state index in [9.17, 15) is 0 Å². The van der Waals surface area contributed by atoms with E-state index in [1.165, 1.54) is 37.7 Å². The highest BCUT2D eigenvalue weighted by atomic mass is 35.5. The van der Waals surface area contributed by atoms with Crippen molar-refractivity contribution in [1.82, 2.24) is 4.98 Å². The van der Waals surface area contributed by atoms with E-state index in [0.717, 1.165) is 5.02 Å². The number of rotatable bonds is 6. The van der Waals surface area contributed by atoms with Gasteiger partial charge >= 0.3 is 0 Å². The van der Waals surface area contributed by atoms with Gasteiger partial charge in [-0.1, -0.05) is 51.6 Å². The van der Waals surface area contributed by atoms with Crippen LogP contribution in [0.5, 0.6) is 0 Å². The number of hydrogen-bond donors (Lipinski definition) is 0. The van der Waals surface area contributed by atoms with Gasteiger partial charge in [0.1, 0.15) is 0 Å². The lowest BCUT2D eigenvalue weighted by Crippen LogP contribution is -2.22. The predicted molar refractivity (Wildman–Crippen MR) is 71.0 cm³/mol. The minimum atomic E-state index is 0.239. The maximum Gasteiger partial charge on any atom is 0.0592 e. The normalized spacial score (nSPS) is 14.8. The molecule has 1 aromatic heterocycles. The van der Waals surface area contributed by atoms with E-state index in [-0.39, 0.29) is 5.41 Å². The molecule has 0 radical (unpaired) electrons. The Morgan fingerprint density at radius 3 is 2.50 bits per heavy atom. The lowest BCUT2D eigenvalue weighted by molar-refractivity contribution is 0.382. The topological polar surface area (TPSA) is 12.9 Å². The Balaban J connectivity index is 2.91. The van der Waals surface area contributed by atoms with E-state index < -0.39 is 0 Å². The summed E-state index contributed by atoms with van der Waals surface area (Å²) in [6, 6.07) is 2.07. The molecule has 1 heterocycles. The lowest BCUT2D eigenvalue weighted by Gasteiger charge is -2.29. The van der Waals surface area contributed by atoms with Crippen LogP contribution in [0.25, 0.3) is 0 Å². The van der Waals surface area contributed by atoms with Crippen LogP contribution in [0.4, 0.5) is 0 Å². The molecular formula is C14H22ClN. The molecule has 0 aromatic carbocycles. The second-order valence-corrected chi connectivity index (χ2v) is 5.24. The highest BCUT2D eigenvalue weighted by Crippen LogP contribution is 2.34. The van der Waals surface area contributed by atoms with E-state index in [1.54, 1.807) is 6.20 Å². The Morgan fingerprint density at radius 2 is 1.94 bits per heavy atom. The largest absolute Gasteiger partial charge is 0.263 e. The molecule has 1 nitrogen and oxygen atoms in total. The monoisotopic (exact) mass is 239 g/mol. The molecule has 90 valence electrons. The van der Waals surface area contributed by atoms with Crippen LogP contribution >= 0.6 is 11.6 Å². The molecule has 0 saturated carbocycles. The molecule has 0 N–H and O–H groups in total. The van der Waals surface area contributed by atoms with Crippen LogP contribution in [-0.2, 0) is 5.41 Å². The zero-order valence-corrected chi connectivity index (χ0v) is 11.3. The third-order valence-corrected chi connectivity index (χ3v) is 3.49. The Kier molecular flexibility index (Phi) is 5.27. The minimum absolute atomic E-state index is 0.239. The molecular weight excluding hydrogens is 218 g/mol. The van der Waals surface area contributed by atoms with Crippen LogP contribution < -0.4 is 0 Å². The van der Waals surface area contributed by atoms with Gasteiger partial charge in [-0.15, -0.1) is 0 Å². The second-order valence-electron chi connectivity index (χ2n) is 4.81. The van der Waals surface area contributed by atoms with Gasteiger partial charge in [0, 0.05) is 12.4 Å². The van der Waals surface area contributed by atoms with E-state index in [1.807, 2.05) is 6.20 Å². The number of unbranched alkanes of at least 4 members (excludes halogenated alkanes) is 1. The number of pyridine rings is 1. The highest BCUT2D eigenvalue weighted by Gasteiger charge is 2.25. The zero-order valence-electron chi connectivity index (χ0n) is 10.6. The van der Waals surface area contributed by atoms with Crippen LogP contribution in [0.15, 0.2) is 18.5 Å². The number of aromatic nitrogens is 1. The van der Waals surface area contributed by atoms with Gasteiger partial charge in [0.05, 0.1) is 5.02 Å². The van der Waals surface area contributed by atoms with E-state index in [2.05, 4.69) is 31.8 Å². The quantitative estimate of drug-likeness (QED) is 0.682. The fraction of sp³-hybridized carbons (Fsp3) is 0.643. The molecule has 0 aliphatic heterocycles. The Morgan fingerprint density at radius 1 is 1.19 bits per heavy atom. The predicted octanol–water partition coefficient (Wildman–Crippen LogP) is 4.98. The summed E-state index contributed by atoms with van der Waals surface area (Å²) >= 11 is 6.02. The van der Waals surface area contributed by atoms with Gasteiger partial charge in [-0.25, -0.2) is 0 Å². The second kappa shape index (κ2) is 6.24. The first-order chi connectivity index (χ1) is 7.62. The molecule has 0 spiro atoms. The molecule has 0 saturated heterocycles. The summed E-state index contributed by atoms with van der Waals surface area (Å²) in [6.07, 6.45) is 9.81. The Hall–Kier alpha value is -0.560. The van der Waals surface area contributed by atoms with Crippen molar-refractivity contribution in [2.45, 2.75) is 58.3 Å². The van der Waals surface area contributed by atoms with Crippen molar-refractivity contribution in [3.05, 3.63) is 29.0 Å². The van der Waals surface area contributed by atoms with Gasteiger partial charge in [0.2, 0.25) is 0 Å². The summed E-state index contributed by atoms with van der Waals surface area (Å²) in [5.41, 5.74) is 1.53. The summed E-state index contributed by atoms with van der Waals surface area (Å²) in [6.45, 7) is 6.81. The lowest BCUT2D eigenvalue weighted by atomic mass is 9.75. The molecule has 1 rings (SSSR count). The summed E-state index contributed by atoms with van der Waals surface area (Å²) in [7, 11) is 0. The van der Waals surface area contributed by atoms with Gasteiger partial charge < -0.3 is 0 Å². The highest BCUT2D eigenvalue weighted by molar-refractivity contribution is 6.30. The molecule has 0 fully saturated rings. The van der Waals surface area contributed by atoms with Gasteiger partial charge in [-0.3, -0.25) is 4.98 Å². The minimum Gasteiger partial charge on any atom is -0.263 e. The van der Waals surface area contributed by atoms with E-state index in [4.69, 9.17) is 11.6 Å². The smallest absolute Gasteiger partial charge is 0.0592 e. The summed E-state index contributed by atoms with van der Waals surface area (Å²) < 4.78 is 0. The van der Waals surface area contributed by atoms with Crippen molar-refractivity contribution in [3.8, 4) is 0 Å². The van der Waals surface area contributed by atoms with Crippen molar-refractivity contribution in [3.63, 3.8) is 0 Å². The number of nitrogens with zero attached hydrogens (tertiary/aromatic N) is 1. The van der Waals surface area contributed by atoms with Crippen molar-refractivity contribution >= 4 is 11.6 Å². The zero-order chi connectivity index (χ0) is 12.0. The van der Waals surface area contributed by atoms with Gasteiger partial charge in [0.15, 0.2) is 0 Å². The fourth-order valence-corrected chi connectivity index (χ4v) is 2.45. The molecule has 1 unspecified atom stereocenters. The van der Waals surface area contributed by atoms with Gasteiger partial charge in [0.25, 0.3) is 0 Å². The molecule has 16 heavy (non-hydrogen) atoms. The average molecular weight is 240 g/mol. The molecule has 0 amide bonds. The van der Waals surface area contributed by atoms with Gasteiger partial charge in [-0.05, 0) is 29.9 Å². The fourth-order valence-electron chi connectivity index (χ4n) is 2.27. The van der Waals surface area contributed by atoms with Crippen molar-refractivity contribution in [2.24, 2.45) is 0 Å². The SMILES string of the molecule is CCCCC(C)(CCC)c1cncc(Cl)c1. The first-order valence-corrected chi connectivity index (χ1v) is 6.61. The van der Waals surface area contributed by atoms with Crippen molar-refractivity contribution < 1.29 is 0 Å². The standard InChI is InChI=1S/C14H22ClN/c1-4-6-8-14(3,7-5-2)12-9-13(15)11-16-10-12/h9-11H,4-8H2,1-3H3. The number of hydrogen-bond acceptors (Lipinski definition) is 1. The maximum absolute atomic E-state index is 6.02. The Labute approximate surface area is 104 Å². The third-order valence-electron chi connectivity index (χ3n) is 3.29. The van der Waals surface area contributed by atoms with Crippen LogP contribution in [-0.4, -0.2) is 4.98 Å². The average Bonchev–Trinajstić information content (AvgIpc) is 2.27. The van der Waals surface area contributed by atoms with Crippen molar-refractivity contribution in [2.75, 3.05) is 0 Å². The summed E-state index contributed by atoms with van der Waals surface area (Å²) in [5.74, 6) is 0. The molecule has 1 aromatic rings. The first kappa shape index (κ1) is 13.5. The molecule has 0 bridgehead atoms. The molecule has 0 aliphatic carbocycles. The maximum atomic E-state index is 6.02. The molecule has 2 heteroatoms.